The number of hydrogen-bond acceptors (Lipinski definition) is 3. The van der Waals surface area contributed by atoms with Crippen LogP contribution in [0.25, 0.3) is 0 Å². The number of nitrogens with one attached hydrogen (secondary N) is 1. The average Bonchev–Trinajstić information content (AvgIpc) is 2.80. The first kappa shape index (κ1) is 15.1. The van der Waals surface area contributed by atoms with E-state index >= 15 is 0 Å². The second kappa shape index (κ2) is 5.15. The minimum Gasteiger partial charge on any atom is -0.494 e. The van der Waals surface area contributed by atoms with Crippen LogP contribution in [-0.4, -0.2) is 12.4 Å². The molecule has 2 aliphatic carbocycles. The predicted molar refractivity (Wildman–Crippen MR) is 88.9 cm³/mol. The molecule has 3 rings (SSSR count). The first-order chi connectivity index (χ1) is 10.4. The summed E-state index contributed by atoms with van der Waals surface area (Å²) < 4.78 is 5.44. The molecular formula is C19H25NO2. The first-order valence-corrected chi connectivity index (χ1v) is 8.14. The van der Waals surface area contributed by atoms with Gasteiger partial charge in [-0.25, -0.2) is 0 Å². The van der Waals surface area contributed by atoms with E-state index in [1.165, 1.54) is 0 Å². The number of Topliss-reactive ketones (excluding diaryl/α,β-unsaturated/α-hetero) is 1. The summed E-state index contributed by atoms with van der Waals surface area (Å²) in [4.78, 5) is 12.7. The van der Waals surface area contributed by atoms with Gasteiger partial charge in [-0.3, -0.25) is 4.79 Å². The fourth-order valence-corrected chi connectivity index (χ4v) is 4.07. The molecule has 0 saturated heterocycles. The van der Waals surface area contributed by atoms with Crippen LogP contribution in [0, 0.1) is 16.7 Å². The maximum absolute atomic E-state index is 12.7. The fraction of sp³-hybridized carbons (Fsp3) is 0.526. The number of ether oxygens (including phenoxy) is 1. The van der Waals surface area contributed by atoms with Crippen LogP contribution in [0.15, 0.2) is 36.0 Å². The molecular weight excluding hydrogens is 274 g/mol. The van der Waals surface area contributed by atoms with Crippen molar-refractivity contribution in [3.05, 3.63) is 36.0 Å². The third-order valence-electron chi connectivity index (χ3n) is 5.92. The Labute approximate surface area is 132 Å². The second-order valence-corrected chi connectivity index (χ2v) is 7.18. The van der Waals surface area contributed by atoms with Crippen LogP contribution in [-0.2, 0) is 4.79 Å². The van der Waals surface area contributed by atoms with Crippen molar-refractivity contribution < 1.29 is 9.53 Å². The van der Waals surface area contributed by atoms with Crippen molar-refractivity contribution in [1.82, 2.24) is 0 Å². The molecule has 0 radical (unpaired) electrons. The Morgan fingerprint density at radius 2 is 1.95 bits per heavy atom. The molecule has 2 saturated carbocycles. The molecule has 3 heteroatoms. The SMILES string of the molecule is CCOc1ccc(N/C=C2/C(=O)[C@@]3(C)CC[C@@H]2C3(C)C)cc1. The molecule has 2 aliphatic rings. The highest BCUT2D eigenvalue weighted by Gasteiger charge is 2.63. The van der Waals surface area contributed by atoms with Gasteiger partial charge in [-0.1, -0.05) is 20.8 Å². The maximum Gasteiger partial charge on any atom is 0.167 e. The molecule has 0 spiro atoms. The number of carbonyl (C=O) groups is 1. The molecule has 22 heavy (non-hydrogen) atoms. The highest BCUT2D eigenvalue weighted by Crippen LogP contribution is 2.65. The van der Waals surface area contributed by atoms with Crippen LogP contribution < -0.4 is 10.1 Å². The van der Waals surface area contributed by atoms with E-state index < -0.39 is 0 Å². The molecule has 1 aromatic carbocycles. The van der Waals surface area contributed by atoms with Crippen LogP contribution in [0.3, 0.4) is 0 Å². The molecule has 0 aromatic heterocycles. The van der Waals surface area contributed by atoms with E-state index in [1.54, 1.807) is 0 Å². The van der Waals surface area contributed by atoms with Gasteiger partial charge in [0.05, 0.1) is 6.61 Å². The molecule has 2 bridgehead atoms. The summed E-state index contributed by atoms with van der Waals surface area (Å²) in [6, 6.07) is 7.84. The number of fused-ring (bicyclic) bond motifs is 2. The van der Waals surface area contributed by atoms with E-state index in [0.717, 1.165) is 29.9 Å². The van der Waals surface area contributed by atoms with Crippen LogP contribution in [0.4, 0.5) is 5.69 Å². The molecule has 2 fully saturated rings. The minimum atomic E-state index is -0.190. The lowest BCUT2D eigenvalue weighted by Gasteiger charge is -2.31. The highest BCUT2D eigenvalue weighted by atomic mass is 16.5. The van der Waals surface area contributed by atoms with Gasteiger partial charge >= 0.3 is 0 Å². The maximum atomic E-state index is 12.7. The lowest BCUT2D eigenvalue weighted by atomic mass is 9.70. The van der Waals surface area contributed by atoms with Crippen molar-refractivity contribution >= 4 is 11.5 Å². The highest BCUT2D eigenvalue weighted by molar-refractivity contribution is 6.04. The third-order valence-corrected chi connectivity index (χ3v) is 5.92. The lowest BCUT2D eigenvalue weighted by molar-refractivity contribution is -0.125. The van der Waals surface area contributed by atoms with Crippen molar-refractivity contribution in [1.29, 1.82) is 0 Å². The number of hydrogen-bond donors (Lipinski definition) is 1. The number of benzene rings is 1. The summed E-state index contributed by atoms with van der Waals surface area (Å²) in [5.41, 5.74) is 1.82. The van der Waals surface area contributed by atoms with E-state index in [0.29, 0.717) is 18.3 Å². The van der Waals surface area contributed by atoms with Gasteiger partial charge < -0.3 is 10.1 Å². The Morgan fingerprint density at radius 3 is 2.50 bits per heavy atom. The quantitative estimate of drug-likeness (QED) is 0.837. The average molecular weight is 299 g/mol. The Morgan fingerprint density at radius 1 is 1.27 bits per heavy atom. The lowest BCUT2D eigenvalue weighted by Crippen LogP contribution is -2.32. The van der Waals surface area contributed by atoms with Crippen molar-refractivity contribution in [3.63, 3.8) is 0 Å². The van der Waals surface area contributed by atoms with Gasteiger partial charge in [-0.05, 0) is 55.4 Å². The van der Waals surface area contributed by atoms with Crippen molar-refractivity contribution in [2.75, 3.05) is 11.9 Å². The van der Waals surface area contributed by atoms with Gasteiger partial charge in [-0.15, -0.1) is 0 Å². The monoisotopic (exact) mass is 299 g/mol. The third kappa shape index (κ3) is 2.06. The summed E-state index contributed by atoms with van der Waals surface area (Å²) >= 11 is 0. The van der Waals surface area contributed by atoms with E-state index in [9.17, 15) is 4.79 Å². The Hall–Kier alpha value is -1.77. The standard InChI is InChI=1S/C19H25NO2/c1-5-22-14-8-6-13(7-9-14)20-12-15-16-10-11-19(4,17(15)21)18(16,2)3/h6-9,12,16,20H,5,10-11H2,1-4H3/b15-12+/t16-,19+/m0/s1. The van der Waals surface area contributed by atoms with Gasteiger partial charge in [0, 0.05) is 22.9 Å². The summed E-state index contributed by atoms with van der Waals surface area (Å²) in [5.74, 6) is 1.57. The smallest absolute Gasteiger partial charge is 0.167 e. The first-order valence-electron chi connectivity index (χ1n) is 8.14. The number of rotatable bonds is 4. The van der Waals surface area contributed by atoms with Crippen molar-refractivity contribution in [2.45, 2.75) is 40.5 Å². The molecule has 2 atom stereocenters. The summed E-state index contributed by atoms with van der Waals surface area (Å²) in [5, 5.41) is 3.29. The molecule has 0 heterocycles. The number of ketones is 1. The normalized spacial score (nSPS) is 30.8. The molecule has 118 valence electrons. The largest absolute Gasteiger partial charge is 0.494 e. The van der Waals surface area contributed by atoms with Gasteiger partial charge in [0.25, 0.3) is 0 Å². The van der Waals surface area contributed by atoms with E-state index in [4.69, 9.17) is 4.74 Å². The van der Waals surface area contributed by atoms with Gasteiger partial charge in [0.2, 0.25) is 0 Å². The zero-order valence-electron chi connectivity index (χ0n) is 13.9. The van der Waals surface area contributed by atoms with Crippen molar-refractivity contribution in [2.24, 2.45) is 16.7 Å². The molecule has 0 amide bonds. The topological polar surface area (TPSA) is 38.3 Å². The van der Waals surface area contributed by atoms with Gasteiger partial charge in [0.1, 0.15) is 5.75 Å². The van der Waals surface area contributed by atoms with Crippen LogP contribution in [0.1, 0.15) is 40.5 Å². The number of carbonyl (C=O) groups excluding carboxylic acids is 1. The number of anilines is 1. The molecule has 3 nitrogen and oxygen atoms in total. The zero-order chi connectivity index (χ0) is 16.0. The van der Waals surface area contributed by atoms with Gasteiger partial charge in [0.15, 0.2) is 5.78 Å². The molecule has 1 N–H and O–H groups in total. The van der Waals surface area contributed by atoms with Crippen molar-refractivity contribution in [3.8, 4) is 5.75 Å². The minimum absolute atomic E-state index is 0.0659. The predicted octanol–water partition coefficient (Wildman–Crippen LogP) is 4.41. The second-order valence-electron chi connectivity index (χ2n) is 7.18. The van der Waals surface area contributed by atoms with E-state index in [1.807, 2.05) is 37.4 Å². The molecule has 0 aliphatic heterocycles. The molecule has 0 unspecified atom stereocenters. The Balaban J connectivity index is 1.78. The Kier molecular flexibility index (Phi) is 3.54. The summed E-state index contributed by atoms with van der Waals surface area (Å²) in [6.45, 7) is 9.24. The number of allylic oxidation sites excluding steroid dienone is 1. The fourth-order valence-electron chi connectivity index (χ4n) is 4.07. The summed E-state index contributed by atoms with van der Waals surface area (Å²) in [6.07, 6.45) is 4.06. The van der Waals surface area contributed by atoms with Crippen LogP contribution in [0.5, 0.6) is 5.75 Å². The Bertz CT molecular complexity index is 615. The van der Waals surface area contributed by atoms with Crippen LogP contribution >= 0.6 is 0 Å². The molecule has 1 aromatic rings. The van der Waals surface area contributed by atoms with Crippen LogP contribution in [0.2, 0.25) is 0 Å². The zero-order valence-corrected chi connectivity index (χ0v) is 13.9. The summed E-state index contributed by atoms with van der Waals surface area (Å²) in [7, 11) is 0. The van der Waals surface area contributed by atoms with Gasteiger partial charge in [-0.2, -0.15) is 0 Å². The van der Waals surface area contributed by atoms with E-state index in [-0.39, 0.29) is 10.8 Å². The van der Waals surface area contributed by atoms with E-state index in [2.05, 4.69) is 26.1 Å².